The van der Waals surface area contributed by atoms with E-state index in [2.05, 4.69) is 4.98 Å². The second kappa shape index (κ2) is 5.39. The number of amides is 1. The summed E-state index contributed by atoms with van der Waals surface area (Å²) in [6.45, 7) is 0. The lowest BCUT2D eigenvalue weighted by atomic mass is 10.2. The Morgan fingerprint density at radius 2 is 1.84 bits per heavy atom. The zero-order valence-electron chi connectivity index (χ0n) is 10.7. The highest BCUT2D eigenvalue weighted by molar-refractivity contribution is 6.05. The molecule has 0 aliphatic rings. The zero-order valence-corrected chi connectivity index (χ0v) is 10.7. The van der Waals surface area contributed by atoms with E-state index >= 15 is 0 Å². The molecule has 0 bridgehead atoms. The summed E-state index contributed by atoms with van der Waals surface area (Å²) < 4.78 is 5.06. The Balaban J connectivity index is 2.22. The Hall–Kier alpha value is -2.56. The number of anilines is 1. The molecule has 1 aromatic carbocycles. The molecule has 0 unspecified atom stereocenters. The van der Waals surface area contributed by atoms with Gasteiger partial charge < -0.3 is 14.6 Å². The molecule has 98 valence electrons. The second-order valence-electron chi connectivity index (χ2n) is 4.00. The number of H-pyrrole nitrogens is 1. The van der Waals surface area contributed by atoms with E-state index in [9.17, 15) is 9.59 Å². The summed E-state index contributed by atoms with van der Waals surface area (Å²) in [6, 6.07) is 9.99. The van der Waals surface area contributed by atoms with Gasteiger partial charge in [0.1, 0.15) is 5.75 Å². The average molecular weight is 258 g/mol. The molecule has 0 atom stereocenters. The van der Waals surface area contributed by atoms with Crippen LogP contribution in [0.2, 0.25) is 0 Å². The van der Waals surface area contributed by atoms with Crippen molar-refractivity contribution in [3.8, 4) is 5.75 Å². The normalized spacial score (nSPS) is 10.0. The highest BCUT2D eigenvalue weighted by atomic mass is 16.5. The van der Waals surface area contributed by atoms with Gasteiger partial charge in [0, 0.05) is 25.0 Å². The predicted molar refractivity (Wildman–Crippen MR) is 72.8 cm³/mol. The molecule has 2 rings (SSSR count). The molecular formula is C14H14N2O3. The van der Waals surface area contributed by atoms with Gasteiger partial charge in [0.05, 0.1) is 12.7 Å². The SMILES string of the molecule is COc1ccc(N(C)C(=O)c2ccc(=O)[nH]c2)cc1. The molecule has 0 fully saturated rings. The molecule has 1 amide bonds. The minimum absolute atomic E-state index is 0.193. The van der Waals surface area contributed by atoms with Crippen molar-refractivity contribution in [2.45, 2.75) is 0 Å². The number of methoxy groups -OCH3 is 1. The van der Waals surface area contributed by atoms with Gasteiger partial charge in [0.25, 0.3) is 5.91 Å². The minimum Gasteiger partial charge on any atom is -0.497 e. The topological polar surface area (TPSA) is 62.4 Å². The Morgan fingerprint density at radius 3 is 2.37 bits per heavy atom. The first-order valence-corrected chi connectivity index (χ1v) is 5.72. The number of rotatable bonds is 3. The van der Waals surface area contributed by atoms with Crippen LogP contribution in [0.15, 0.2) is 47.4 Å². The molecule has 0 aliphatic carbocycles. The number of pyridine rings is 1. The number of aromatic amines is 1. The maximum atomic E-state index is 12.2. The molecule has 0 saturated heterocycles. The fourth-order valence-corrected chi connectivity index (χ4v) is 1.66. The molecular weight excluding hydrogens is 244 g/mol. The van der Waals surface area contributed by atoms with Gasteiger partial charge in [-0.2, -0.15) is 0 Å². The fraction of sp³-hybridized carbons (Fsp3) is 0.143. The standard InChI is InChI=1S/C14H14N2O3/c1-16(11-4-6-12(19-2)7-5-11)14(18)10-3-8-13(17)15-9-10/h3-9H,1-2H3,(H,15,17). The number of benzene rings is 1. The van der Waals surface area contributed by atoms with Crippen molar-refractivity contribution in [3.63, 3.8) is 0 Å². The first-order valence-electron chi connectivity index (χ1n) is 5.72. The monoisotopic (exact) mass is 258 g/mol. The van der Waals surface area contributed by atoms with Crippen LogP contribution in [0.4, 0.5) is 5.69 Å². The van der Waals surface area contributed by atoms with E-state index in [1.807, 2.05) is 0 Å². The maximum Gasteiger partial charge on any atom is 0.259 e. The first kappa shape index (κ1) is 12.9. The minimum atomic E-state index is -0.233. The van der Waals surface area contributed by atoms with Crippen molar-refractivity contribution < 1.29 is 9.53 Å². The van der Waals surface area contributed by atoms with Gasteiger partial charge >= 0.3 is 0 Å². The summed E-state index contributed by atoms with van der Waals surface area (Å²) in [5.74, 6) is 0.537. The van der Waals surface area contributed by atoms with Crippen LogP contribution in [0.1, 0.15) is 10.4 Å². The van der Waals surface area contributed by atoms with Gasteiger partial charge in [-0.05, 0) is 30.3 Å². The van der Waals surface area contributed by atoms with Crippen LogP contribution in [-0.2, 0) is 0 Å². The van der Waals surface area contributed by atoms with Crippen LogP contribution in [0.25, 0.3) is 0 Å². The Labute approximate surface area is 110 Å². The maximum absolute atomic E-state index is 12.2. The van der Waals surface area contributed by atoms with Crippen molar-refractivity contribution in [1.82, 2.24) is 4.98 Å². The van der Waals surface area contributed by atoms with Crippen LogP contribution in [0.5, 0.6) is 5.75 Å². The van der Waals surface area contributed by atoms with E-state index in [1.54, 1.807) is 38.4 Å². The number of ether oxygens (including phenoxy) is 1. The molecule has 0 saturated carbocycles. The molecule has 2 aromatic rings. The summed E-state index contributed by atoms with van der Waals surface area (Å²) in [7, 11) is 3.26. The van der Waals surface area contributed by atoms with Gasteiger partial charge in [-0.1, -0.05) is 0 Å². The summed E-state index contributed by atoms with van der Waals surface area (Å²) in [6.07, 6.45) is 1.41. The number of carbonyl (C=O) groups excluding carboxylic acids is 1. The third-order valence-corrected chi connectivity index (χ3v) is 2.80. The van der Waals surface area contributed by atoms with Crippen molar-refractivity contribution in [2.24, 2.45) is 0 Å². The van der Waals surface area contributed by atoms with E-state index in [4.69, 9.17) is 4.74 Å². The molecule has 0 spiro atoms. The predicted octanol–water partition coefficient (Wildman–Crippen LogP) is 1.66. The van der Waals surface area contributed by atoms with Crippen molar-refractivity contribution >= 4 is 11.6 Å². The molecule has 0 radical (unpaired) electrons. The highest BCUT2D eigenvalue weighted by Crippen LogP contribution is 2.19. The van der Waals surface area contributed by atoms with E-state index in [0.29, 0.717) is 5.56 Å². The van der Waals surface area contributed by atoms with Gasteiger partial charge in [0.2, 0.25) is 5.56 Å². The number of nitrogens with zero attached hydrogens (tertiary/aromatic N) is 1. The molecule has 1 N–H and O–H groups in total. The summed E-state index contributed by atoms with van der Waals surface area (Å²) in [4.78, 5) is 27.1. The third kappa shape index (κ3) is 2.82. The molecule has 5 nitrogen and oxygen atoms in total. The smallest absolute Gasteiger partial charge is 0.259 e. The van der Waals surface area contributed by atoms with E-state index in [1.165, 1.54) is 23.2 Å². The fourth-order valence-electron chi connectivity index (χ4n) is 1.66. The van der Waals surface area contributed by atoms with E-state index in [-0.39, 0.29) is 11.5 Å². The Bertz CT molecular complexity index is 611. The lowest BCUT2D eigenvalue weighted by Gasteiger charge is -2.17. The Morgan fingerprint density at radius 1 is 1.16 bits per heavy atom. The van der Waals surface area contributed by atoms with Gasteiger partial charge in [0.15, 0.2) is 0 Å². The van der Waals surface area contributed by atoms with E-state index in [0.717, 1.165) is 11.4 Å². The van der Waals surface area contributed by atoms with Gasteiger partial charge in [-0.3, -0.25) is 9.59 Å². The number of hydrogen-bond acceptors (Lipinski definition) is 3. The number of carbonyl (C=O) groups is 1. The van der Waals surface area contributed by atoms with Gasteiger partial charge in [-0.15, -0.1) is 0 Å². The molecule has 1 heterocycles. The number of aromatic nitrogens is 1. The van der Waals surface area contributed by atoms with Crippen LogP contribution in [0.3, 0.4) is 0 Å². The quantitative estimate of drug-likeness (QED) is 0.910. The molecule has 1 aromatic heterocycles. The summed E-state index contributed by atoms with van der Waals surface area (Å²) in [5, 5.41) is 0. The molecule has 19 heavy (non-hydrogen) atoms. The van der Waals surface area contributed by atoms with Crippen LogP contribution in [0, 0.1) is 0 Å². The largest absolute Gasteiger partial charge is 0.497 e. The third-order valence-electron chi connectivity index (χ3n) is 2.80. The van der Waals surface area contributed by atoms with E-state index < -0.39 is 0 Å². The lowest BCUT2D eigenvalue weighted by Crippen LogP contribution is -2.26. The zero-order chi connectivity index (χ0) is 13.8. The second-order valence-corrected chi connectivity index (χ2v) is 4.00. The Kier molecular flexibility index (Phi) is 3.66. The number of hydrogen-bond donors (Lipinski definition) is 1. The van der Waals surface area contributed by atoms with Crippen LogP contribution < -0.4 is 15.2 Å². The highest BCUT2D eigenvalue weighted by Gasteiger charge is 2.13. The van der Waals surface area contributed by atoms with Crippen molar-refractivity contribution in [1.29, 1.82) is 0 Å². The van der Waals surface area contributed by atoms with Crippen molar-refractivity contribution in [2.75, 3.05) is 19.1 Å². The molecule has 0 aliphatic heterocycles. The first-order chi connectivity index (χ1) is 9.11. The number of nitrogens with one attached hydrogen (secondary N) is 1. The van der Waals surface area contributed by atoms with Crippen molar-refractivity contribution in [3.05, 3.63) is 58.5 Å². The molecule has 5 heteroatoms. The summed E-state index contributed by atoms with van der Waals surface area (Å²) >= 11 is 0. The lowest BCUT2D eigenvalue weighted by molar-refractivity contribution is 0.0992. The summed E-state index contributed by atoms with van der Waals surface area (Å²) in [5.41, 5.74) is 0.943. The van der Waals surface area contributed by atoms with Crippen LogP contribution >= 0.6 is 0 Å². The van der Waals surface area contributed by atoms with Gasteiger partial charge in [-0.25, -0.2) is 0 Å². The van der Waals surface area contributed by atoms with Crippen LogP contribution in [-0.4, -0.2) is 25.0 Å². The average Bonchev–Trinajstić information content (AvgIpc) is 2.46.